The van der Waals surface area contributed by atoms with Gasteiger partial charge in [0.1, 0.15) is 0 Å². The predicted molar refractivity (Wildman–Crippen MR) is 107 cm³/mol. The highest BCUT2D eigenvalue weighted by atomic mass is 32.2. The summed E-state index contributed by atoms with van der Waals surface area (Å²) in [7, 11) is 0. The Balaban J connectivity index is 1.40. The van der Waals surface area contributed by atoms with E-state index in [9.17, 15) is 4.79 Å². The molecule has 2 unspecified atom stereocenters. The fraction of sp³-hybridized carbons (Fsp3) is 0.667. The van der Waals surface area contributed by atoms with Crippen LogP contribution < -0.4 is 5.32 Å². The fourth-order valence-corrected chi connectivity index (χ4v) is 5.50. The highest BCUT2D eigenvalue weighted by molar-refractivity contribution is 7.99. The topological polar surface area (TPSA) is 41.6 Å². The molecule has 1 saturated carbocycles. The third kappa shape index (κ3) is 4.04. The Morgan fingerprint density at radius 1 is 1.31 bits per heavy atom. The predicted octanol–water partition coefficient (Wildman–Crippen LogP) is 4.03. The number of hydrogen-bond donors (Lipinski definition) is 1. The second-order valence-electron chi connectivity index (χ2n) is 8.25. The Kier molecular flexibility index (Phi) is 5.20. The van der Waals surface area contributed by atoms with E-state index >= 15 is 0 Å². The number of benzene rings is 1. The number of nitrogens with zero attached hydrogens (tertiary/aromatic N) is 1. The zero-order valence-electron chi connectivity index (χ0n) is 15.9. The van der Waals surface area contributed by atoms with Gasteiger partial charge in [0.25, 0.3) is 0 Å². The number of carbonyl (C=O) groups excluding carboxylic acids is 1. The Morgan fingerprint density at radius 2 is 2.15 bits per heavy atom. The van der Waals surface area contributed by atoms with E-state index in [-0.39, 0.29) is 17.7 Å². The molecule has 4 nitrogen and oxygen atoms in total. The van der Waals surface area contributed by atoms with Crippen molar-refractivity contribution in [3.05, 3.63) is 34.9 Å². The Morgan fingerprint density at radius 3 is 2.85 bits per heavy atom. The van der Waals surface area contributed by atoms with Crippen molar-refractivity contribution < 1.29 is 9.53 Å². The number of nitrogens with one attached hydrogen (secondary N) is 1. The van der Waals surface area contributed by atoms with Gasteiger partial charge in [0, 0.05) is 31.0 Å². The van der Waals surface area contributed by atoms with Crippen LogP contribution >= 0.6 is 11.8 Å². The first kappa shape index (κ1) is 18.2. The molecule has 1 aromatic carbocycles. The molecule has 26 heavy (non-hydrogen) atoms. The van der Waals surface area contributed by atoms with Gasteiger partial charge in [0.2, 0.25) is 0 Å². The van der Waals surface area contributed by atoms with E-state index in [2.05, 4.69) is 42.3 Å². The number of thioether (sulfide) groups is 1. The second-order valence-corrected chi connectivity index (χ2v) is 9.36. The van der Waals surface area contributed by atoms with E-state index in [4.69, 9.17) is 4.74 Å². The van der Waals surface area contributed by atoms with Crippen molar-refractivity contribution in [3.8, 4) is 0 Å². The quantitative estimate of drug-likeness (QED) is 0.865. The Labute approximate surface area is 161 Å². The van der Waals surface area contributed by atoms with E-state index in [0.717, 1.165) is 44.5 Å². The van der Waals surface area contributed by atoms with Crippen molar-refractivity contribution in [2.45, 2.75) is 70.2 Å². The van der Waals surface area contributed by atoms with Crippen LogP contribution in [0.25, 0.3) is 0 Å². The summed E-state index contributed by atoms with van der Waals surface area (Å²) in [5.74, 6) is 2.26. The van der Waals surface area contributed by atoms with Crippen LogP contribution in [0.2, 0.25) is 0 Å². The Bertz CT molecular complexity index is 668. The molecular formula is C21H30N2O2S. The highest BCUT2D eigenvalue weighted by Gasteiger charge is 2.41. The maximum Gasteiger partial charge on any atom is 0.318 e. The fourth-order valence-electron chi connectivity index (χ4n) is 4.12. The SMILES string of the molecule is Cc1ccc(CN(C(=O)NC2CCOC3(CCSC3)C2)C2CC2)cc1C. The molecule has 1 aliphatic carbocycles. The molecule has 3 aliphatic rings. The minimum atomic E-state index is 0.0132. The maximum absolute atomic E-state index is 13.0. The van der Waals surface area contributed by atoms with Crippen LogP contribution in [0.15, 0.2) is 18.2 Å². The van der Waals surface area contributed by atoms with Crippen molar-refractivity contribution in [1.82, 2.24) is 10.2 Å². The van der Waals surface area contributed by atoms with Crippen LogP contribution in [-0.2, 0) is 11.3 Å². The van der Waals surface area contributed by atoms with Crippen molar-refractivity contribution in [2.75, 3.05) is 18.1 Å². The van der Waals surface area contributed by atoms with Gasteiger partial charge in [-0.05, 0) is 68.4 Å². The summed E-state index contributed by atoms with van der Waals surface area (Å²) in [6.07, 6.45) is 5.28. The van der Waals surface area contributed by atoms with E-state index < -0.39 is 0 Å². The monoisotopic (exact) mass is 374 g/mol. The molecule has 3 fully saturated rings. The van der Waals surface area contributed by atoms with Crippen molar-refractivity contribution in [1.29, 1.82) is 0 Å². The van der Waals surface area contributed by atoms with Crippen LogP contribution in [0.4, 0.5) is 4.79 Å². The summed E-state index contributed by atoms with van der Waals surface area (Å²) in [4.78, 5) is 15.1. The number of carbonyl (C=O) groups is 1. The molecule has 0 bridgehead atoms. The standard InChI is InChI=1S/C21H30N2O2S/c1-15-3-4-17(11-16(15)2)13-23(19-5-6-19)20(24)22-18-7-9-25-21(12-18)8-10-26-14-21/h3-4,11,18-19H,5-10,12-14H2,1-2H3,(H,22,24). The Hall–Kier alpha value is -1.20. The van der Waals surface area contributed by atoms with Crippen molar-refractivity contribution >= 4 is 17.8 Å². The van der Waals surface area contributed by atoms with Crippen LogP contribution in [-0.4, -0.2) is 46.7 Å². The van der Waals surface area contributed by atoms with Gasteiger partial charge < -0.3 is 15.0 Å². The van der Waals surface area contributed by atoms with Gasteiger partial charge in [-0.25, -0.2) is 4.79 Å². The lowest BCUT2D eigenvalue weighted by Crippen LogP contribution is -2.52. The molecule has 1 spiro atoms. The smallest absolute Gasteiger partial charge is 0.318 e. The van der Waals surface area contributed by atoms with Gasteiger partial charge in [-0.15, -0.1) is 0 Å². The van der Waals surface area contributed by atoms with E-state index in [1.54, 1.807) is 0 Å². The lowest BCUT2D eigenvalue weighted by atomic mass is 9.90. The van der Waals surface area contributed by atoms with Crippen LogP contribution in [0.1, 0.15) is 48.8 Å². The first-order valence-corrected chi connectivity index (χ1v) is 11.1. The number of aryl methyl sites for hydroxylation is 2. The molecule has 1 aromatic rings. The van der Waals surface area contributed by atoms with Gasteiger partial charge >= 0.3 is 6.03 Å². The molecule has 5 heteroatoms. The van der Waals surface area contributed by atoms with Crippen LogP contribution in [0.5, 0.6) is 0 Å². The molecule has 4 rings (SSSR count). The lowest BCUT2D eigenvalue weighted by molar-refractivity contribution is -0.0688. The average Bonchev–Trinajstić information content (AvgIpc) is 3.37. The second kappa shape index (κ2) is 7.43. The summed E-state index contributed by atoms with van der Waals surface area (Å²) in [6.45, 7) is 5.75. The van der Waals surface area contributed by atoms with Crippen molar-refractivity contribution in [2.24, 2.45) is 0 Å². The van der Waals surface area contributed by atoms with E-state index in [0.29, 0.717) is 12.6 Å². The largest absolute Gasteiger partial charge is 0.374 e. The lowest BCUT2D eigenvalue weighted by Gasteiger charge is -2.38. The molecule has 2 heterocycles. The first-order valence-electron chi connectivity index (χ1n) is 9.90. The molecule has 2 aliphatic heterocycles. The average molecular weight is 375 g/mol. The summed E-state index contributed by atoms with van der Waals surface area (Å²) in [6, 6.07) is 7.30. The number of amides is 2. The van der Waals surface area contributed by atoms with Gasteiger partial charge in [-0.2, -0.15) is 11.8 Å². The molecule has 1 N–H and O–H groups in total. The maximum atomic E-state index is 13.0. The summed E-state index contributed by atoms with van der Waals surface area (Å²) in [5.41, 5.74) is 3.84. The zero-order valence-corrected chi connectivity index (χ0v) is 16.7. The first-order chi connectivity index (χ1) is 12.5. The number of urea groups is 1. The third-order valence-corrected chi connectivity index (χ3v) is 7.28. The third-order valence-electron chi connectivity index (χ3n) is 6.06. The summed E-state index contributed by atoms with van der Waals surface area (Å²) in [5, 5.41) is 3.34. The van der Waals surface area contributed by atoms with Crippen LogP contribution in [0, 0.1) is 13.8 Å². The molecule has 2 atom stereocenters. The molecule has 2 saturated heterocycles. The van der Waals surface area contributed by atoms with E-state index in [1.165, 1.54) is 22.4 Å². The molecule has 2 amide bonds. The summed E-state index contributed by atoms with van der Waals surface area (Å²) < 4.78 is 6.09. The number of ether oxygens (including phenoxy) is 1. The summed E-state index contributed by atoms with van der Waals surface area (Å²) >= 11 is 1.98. The van der Waals surface area contributed by atoms with Crippen molar-refractivity contribution in [3.63, 3.8) is 0 Å². The van der Waals surface area contributed by atoms with E-state index in [1.807, 2.05) is 11.8 Å². The molecule has 0 radical (unpaired) electrons. The molecule has 142 valence electrons. The van der Waals surface area contributed by atoms with Gasteiger partial charge in [0.15, 0.2) is 0 Å². The number of rotatable bonds is 4. The molecule has 0 aromatic heterocycles. The van der Waals surface area contributed by atoms with Crippen LogP contribution in [0.3, 0.4) is 0 Å². The number of hydrogen-bond acceptors (Lipinski definition) is 3. The minimum Gasteiger partial charge on any atom is -0.374 e. The van der Waals surface area contributed by atoms with Gasteiger partial charge in [-0.1, -0.05) is 18.2 Å². The van der Waals surface area contributed by atoms with Gasteiger partial charge in [0.05, 0.1) is 5.60 Å². The molecular weight excluding hydrogens is 344 g/mol. The zero-order chi connectivity index (χ0) is 18.1. The minimum absolute atomic E-state index is 0.0132. The normalized spacial score (nSPS) is 28.3. The highest BCUT2D eigenvalue weighted by Crippen LogP contribution is 2.38. The van der Waals surface area contributed by atoms with Gasteiger partial charge in [-0.3, -0.25) is 0 Å².